The second-order valence-electron chi connectivity index (χ2n) is 5.87. The molecule has 1 aromatic rings. The summed E-state index contributed by atoms with van der Waals surface area (Å²) in [7, 11) is 4.26. The van der Waals surface area contributed by atoms with Crippen molar-refractivity contribution in [2.24, 2.45) is 0 Å². The number of likely N-dealkylation sites (N-methyl/N-ethyl adjacent to an activating group) is 1. The molecule has 0 N–H and O–H groups in total. The van der Waals surface area contributed by atoms with Gasteiger partial charge in [-0.3, -0.25) is 4.90 Å². The summed E-state index contributed by atoms with van der Waals surface area (Å²) in [5.41, 5.74) is 1.21. The predicted molar refractivity (Wildman–Crippen MR) is 79.2 cm³/mol. The fourth-order valence-electron chi connectivity index (χ4n) is 3.14. The Hall–Kier alpha value is -1.10. The van der Waals surface area contributed by atoms with Gasteiger partial charge < -0.3 is 14.4 Å². The van der Waals surface area contributed by atoms with E-state index in [-0.39, 0.29) is 6.10 Å². The fourth-order valence-corrected chi connectivity index (χ4v) is 3.14. The van der Waals surface area contributed by atoms with E-state index in [0.29, 0.717) is 6.04 Å². The van der Waals surface area contributed by atoms with Crippen LogP contribution in [0.5, 0.6) is 5.75 Å². The summed E-state index contributed by atoms with van der Waals surface area (Å²) in [6.45, 7) is 4.80. The van der Waals surface area contributed by atoms with Gasteiger partial charge in [-0.1, -0.05) is 18.2 Å². The molecular formula is C16H24N2O2. The normalized spacial score (nSPS) is 26.6. The number of rotatable bonds is 3. The highest BCUT2D eigenvalue weighted by Gasteiger charge is 2.36. The van der Waals surface area contributed by atoms with Crippen molar-refractivity contribution < 1.29 is 9.47 Å². The van der Waals surface area contributed by atoms with Gasteiger partial charge in [0.15, 0.2) is 0 Å². The van der Waals surface area contributed by atoms with E-state index in [1.54, 1.807) is 0 Å². The molecule has 0 bridgehead atoms. The SMILES string of the molecule is CN(C)CCN1CCO[C@H]2c3ccccc3OCC[C@@H]21. The molecule has 1 saturated heterocycles. The second-order valence-corrected chi connectivity index (χ2v) is 5.87. The van der Waals surface area contributed by atoms with E-state index in [4.69, 9.17) is 9.47 Å². The Balaban J connectivity index is 1.80. The molecule has 0 amide bonds. The molecule has 4 nitrogen and oxygen atoms in total. The van der Waals surface area contributed by atoms with E-state index in [2.05, 4.69) is 42.1 Å². The van der Waals surface area contributed by atoms with Gasteiger partial charge in [-0.05, 0) is 26.6 Å². The molecule has 1 fully saturated rings. The summed E-state index contributed by atoms with van der Waals surface area (Å²) in [5.74, 6) is 0.995. The molecule has 0 unspecified atom stereocenters. The highest BCUT2D eigenvalue weighted by atomic mass is 16.5. The molecule has 20 heavy (non-hydrogen) atoms. The van der Waals surface area contributed by atoms with Gasteiger partial charge >= 0.3 is 0 Å². The smallest absolute Gasteiger partial charge is 0.125 e. The quantitative estimate of drug-likeness (QED) is 0.840. The van der Waals surface area contributed by atoms with Crippen LogP contribution in [0.15, 0.2) is 24.3 Å². The Kier molecular flexibility index (Phi) is 4.24. The Labute approximate surface area is 121 Å². The van der Waals surface area contributed by atoms with E-state index in [9.17, 15) is 0 Å². The zero-order valence-corrected chi connectivity index (χ0v) is 12.4. The van der Waals surface area contributed by atoms with Crippen LogP contribution in [-0.2, 0) is 4.74 Å². The topological polar surface area (TPSA) is 24.9 Å². The van der Waals surface area contributed by atoms with Crippen LogP contribution in [0, 0.1) is 0 Å². The lowest BCUT2D eigenvalue weighted by atomic mass is 9.97. The molecule has 3 rings (SSSR count). The fraction of sp³-hybridized carbons (Fsp3) is 0.625. The van der Waals surface area contributed by atoms with Crippen LogP contribution in [0.3, 0.4) is 0 Å². The van der Waals surface area contributed by atoms with Crippen molar-refractivity contribution in [1.82, 2.24) is 9.80 Å². The number of ether oxygens (including phenoxy) is 2. The number of nitrogens with zero attached hydrogens (tertiary/aromatic N) is 2. The van der Waals surface area contributed by atoms with Crippen molar-refractivity contribution in [3.05, 3.63) is 29.8 Å². The van der Waals surface area contributed by atoms with E-state index in [0.717, 1.165) is 45.0 Å². The average molecular weight is 276 g/mol. The molecule has 110 valence electrons. The van der Waals surface area contributed by atoms with Crippen molar-refractivity contribution in [3.8, 4) is 5.75 Å². The van der Waals surface area contributed by atoms with Gasteiger partial charge in [0.1, 0.15) is 11.9 Å². The largest absolute Gasteiger partial charge is 0.493 e. The number of hydrogen-bond acceptors (Lipinski definition) is 4. The van der Waals surface area contributed by atoms with Crippen molar-refractivity contribution in [2.45, 2.75) is 18.6 Å². The molecule has 0 aromatic heterocycles. The summed E-state index contributed by atoms with van der Waals surface area (Å²) >= 11 is 0. The molecule has 2 heterocycles. The lowest BCUT2D eigenvalue weighted by molar-refractivity contribution is -0.0753. The molecule has 2 aliphatic heterocycles. The van der Waals surface area contributed by atoms with E-state index < -0.39 is 0 Å². The van der Waals surface area contributed by atoms with E-state index >= 15 is 0 Å². The minimum absolute atomic E-state index is 0.157. The maximum Gasteiger partial charge on any atom is 0.125 e. The lowest BCUT2D eigenvalue weighted by Crippen LogP contribution is -2.49. The first-order chi connectivity index (χ1) is 9.75. The maximum atomic E-state index is 6.09. The van der Waals surface area contributed by atoms with Crippen LogP contribution in [0.2, 0.25) is 0 Å². The Bertz CT molecular complexity index is 450. The van der Waals surface area contributed by atoms with Crippen LogP contribution in [-0.4, -0.2) is 62.8 Å². The van der Waals surface area contributed by atoms with Crippen molar-refractivity contribution >= 4 is 0 Å². The van der Waals surface area contributed by atoms with Crippen LogP contribution >= 0.6 is 0 Å². The summed E-state index contributed by atoms with van der Waals surface area (Å²) in [6.07, 6.45) is 1.19. The Morgan fingerprint density at radius 3 is 2.95 bits per heavy atom. The van der Waals surface area contributed by atoms with Crippen molar-refractivity contribution in [3.63, 3.8) is 0 Å². The van der Waals surface area contributed by atoms with Gasteiger partial charge in [0, 0.05) is 31.2 Å². The maximum absolute atomic E-state index is 6.09. The summed E-state index contributed by atoms with van der Waals surface area (Å²) in [6, 6.07) is 8.75. The van der Waals surface area contributed by atoms with E-state index in [1.807, 2.05) is 6.07 Å². The molecule has 2 atom stereocenters. The third-order valence-electron chi connectivity index (χ3n) is 4.23. The summed E-state index contributed by atoms with van der Waals surface area (Å²) in [4.78, 5) is 4.81. The predicted octanol–water partition coefficient (Wildman–Crippen LogP) is 1.77. The van der Waals surface area contributed by atoms with Gasteiger partial charge in [0.05, 0.1) is 13.2 Å². The third-order valence-corrected chi connectivity index (χ3v) is 4.23. The molecule has 0 spiro atoms. The lowest BCUT2D eigenvalue weighted by Gasteiger charge is -2.40. The molecule has 2 aliphatic rings. The molecular weight excluding hydrogens is 252 g/mol. The summed E-state index contributed by atoms with van der Waals surface area (Å²) in [5, 5.41) is 0. The number of fused-ring (bicyclic) bond motifs is 3. The van der Waals surface area contributed by atoms with Crippen LogP contribution in [0.1, 0.15) is 18.1 Å². The molecule has 0 radical (unpaired) electrons. The monoisotopic (exact) mass is 276 g/mol. The molecule has 1 aromatic carbocycles. The first-order valence-corrected chi connectivity index (χ1v) is 7.48. The first-order valence-electron chi connectivity index (χ1n) is 7.48. The zero-order valence-electron chi connectivity index (χ0n) is 12.4. The highest BCUT2D eigenvalue weighted by Crippen LogP contribution is 2.37. The highest BCUT2D eigenvalue weighted by molar-refractivity contribution is 5.37. The van der Waals surface area contributed by atoms with E-state index in [1.165, 1.54) is 5.56 Å². The van der Waals surface area contributed by atoms with Gasteiger partial charge in [0.2, 0.25) is 0 Å². The van der Waals surface area contributed by atoms with Crippen LogP contribution in [0.4, 0.5) is 0 Å². The van der Waals surface area contributed by atoms with Crippen molar-refractivity contribution in [2.75, 3.05) is 46.9 Å². The molecule has 4 heteroatoms. The van der Waals surface area contributed by atoms with Gasteiger partial charge in [-0.2, -0.15) is 0 Å². The first kappa shape index (κ1) is 13.9. The Morgan fingerprint density at radius 2 is 2.10 bits per heavy atom. The number of para-hydroxylation sites is 1. The third kappa shape index (κ3) is 2.82. The minimum atomic E-state index is 0.157. The minimum Gasteiger partial charge on any atom is -0.493 e. The number of morpholine rings is 1. The van der Waals surface area contributed by atoms with Crippen LogP contribution < -0.4 is 4.74 Å². The van der Waals surface area contributed by atoms with Crippen molar-refractivity contribution in [1.29, 1.82) is 0 Å². The molecule has 0 aliphatic carbocycles. The van der Waals surface area contributed by atoms with Crippen LogP contribution in [0.25, 0.3) is 0 Å². The Morgan fingerprint density at radius 1 is 1.25 bits per heavy atom. The number of benzene rings is 1. The van der Waals surface area contributed by atoms with Gasteiger partial charge in [0.25, 0.3) is 0 Å². The van der Waals surface area contributed by atoms with Gasteiger partial charge in [-0.15, -0.1) is 0 Å². The number of hydrogen-bond donors (Lipinski definition) is 0. The molecule has 0 saturated carbocycles. The second kappa shape index (κ2) is 6.12. The average Bonchev–Trinajstić information content (AvgIpc) is 2.65. The standard InChI is InChI=1S/C16H24N2O2/c1-17(2)8-9-18-10-12-20-16-13-5-3-4-6-15(13)19-11-7-14(16)18/h3-6,14,16H,7-12H2,1-2H3/t14-,16-/m0/s1. The van der Waals surface area contributed by atoms with Gasteiger partial charge in [-0.25, -0.2) is 0 Å². The zero-order chi connectivity index (χ0) is 13.9. The summed E-state index contributed by atoms with van der Waals surface area (Å²) < 4.78 is 12.0.